The van der Waals surface area contributed by atoms with Crippen LogP contribution < -0.4 is 5.32 Å². The van der Waals surface area contributed by atoms with Crippen LogP contribution in [0.2, 0.25) is 0 Å². The summed E-state index contributed by atoms with van der Waals surface area (Å²) in [6.07, 6.45) is 0.858. The molecular weight excluding hydrogens is 237 g/mol. The van der Waals surface area contributed by atoms with Gasteiger partial charge in [-0.1, -0.05) is 24.2 Å². The Morgan fingerprint density at radius 2 is 2.22 bits per heavy atom. The number of carbonyl (C=O) groups excluding carboxylic acids is 1. The molecule has 0 aliphatic rings. The Balaban J connectivity index is 2.09. The predicted octanol–water partition coefficient (Wildman–Crippen LogP) is 1.47. The molecule has 0 saturated heterocycles. The van der Waals surface area contributed by atoms with E-state index in [1.54, 1.807) is 6.07 Å². The van der Waals surface area contributed by atoms with Gasteiger partial charge in [0.05, 0.1) is 12.1 Å². The first-order valence-electron chi connectivity index (χ1n) is 5.54. The highest BCUT2D eigenvalue weighted by Gasteiger charge is 2.13. The Hall–Kier alpha value is -2.31. The van der Waals surface area contributed by atoms with Crippen LogP contribution in [0.3, 0.4) is 0 Å². The summed E-state index contributed by atoms with van der Waals surface area (Å²) in [7, 11) is 0. The van der Waals surface area contributed by atoms with Crippen LogP contribution in [0.4, 0.5) is 10.3 Å². The largest absolute Gasteiger partial charge is 0.288 e. The van der Waals surface area contributed by atoms with E-state index in [1.807, 2.05) is 6.92 Å². The molecule has 6 nitrogen and oxygen atoms in total. The fourth-order valence-electron chi connectivity index (χ4n) is 1.40. The van der Waals surface area contributed by atoms with Gasteiger partial charge >= 0.3 is 0 Å². The maximum Gasteiger partial charge on any atom is 0.270 e. The van der Waals surface area contributed by atoms with Crippen LogP contribution in [0.1, 0.15) is 23.7 Å². The molecule has 1 aromatic carbocycles. The molecule has 18 heavy (non-hydrogen) atoms. The lowest BCUT2D eigenvalue weighted by molar-refractivity contribution is 0.102. The summed E-state index contributed by atoms with van der Waals surface area (Å²) in [6, 6.07) is 5.71. The van der Waals surface area contributed by atoms with Gasteiger partial charge < -0.3 is 0 Å². The number of anilines is 1. The molecule has 0 saturated carbocycles. The summed E-state index contributed by atoms with van der Waals surface area (Å²) in [4.78, 5) is 13.1. The van der Waals surface area contributed by atoms with Crippen molar-refractivity contribution in [2.24, 2.45) is 0 Å². The molecule has 0 unspecified atom stereocenters. The quantitative estimate of drug-likeness (QED) is 0.890. The highest BCUT2D eigenvalue weighted by molar-refractivity contribution is 6.03. The minimum Gasteiger partial charge on any atom is -0.288 e. The number of aryl methyl sites for hydroxylation is 1. The minimum atomic E-state index is -0.593. The van der Waals surface area contributed by atoms with Crippen LogP contribution in [-0.2, 0) is 6.54 Å². The van der Waals surface area contributed by atoms with Gasteiger partial charge in [0.2, 0.25) is 0 Å². The van der Waals surface area contributed by atoms with Crippen molar-refractivity contribution in [2.75, 3.05) is 5.32 Å². The third-order valence-electron chi connectivity index (χ3n) is 2.22. The predicted molar refractivity (Wildman–Crippen MR) is 62.5 cm³/mol. The molecule has 1 aromatic heterocycles. The molecule has 2 aromatic rings. The van der Waals surface area contributed by atoms with Crippen LogP contribution >= 0.6 is 0 Å². The summed E-state index contributed by atoms with van der Waals surface area (Å²) in [5.41, 5.74) is -0.0515. The molecular formula is C11H12FN5O. The SMILES string of the molecule is CCCn1nnc(NC(=O)c2ccccc2F)n1. The maximum atomic E-state index is 13.3. The standard InChI is InChI=1S/C11H12FN5O/c1-2-7-17-15-11(14-16-17)13-10(18)8-5-3-4-6-9(8)12/h3-6H,2,7H2,1H3,(H,13,15,18). The normalized spacial score (nSPS) is 10.3. The molecule has 0 aliphatic heterocycles. The monoisotopic (exact) mass is 249 g/mol. The molecule has 94 valence electrons. The summed E-state index contributed by atoms with van der Waals surface area (Å²) < 4.78 is 13.3. The number of halogens is 1. The number of hydrogen-bond acceptors (Lipinski definition) is 4. The lowest BCUT2D eigenvalue weighted by Gasteiger charge is -2.01. The Kier molecular flexibility index (Phi) is 3.61. The van der Waals surface area contributed by atoms with Crippen molar-refractivity contribution in [2.45, 2.75) is 19.9 Å². The maximum absolute atomic E-state index is 13.3. The van der Waals surface area contributed by atoms with Crippen molar-refractivity contribution in [3.63, 3.8) is 0 Å². The highest BCUT2D eigenvalue weighted by Crippen LogP contribution is 2.08. The van der Waals surface area contributed by atoms with Crippen LogP contribution in [0, 0.1) is 5.82 Å². The van der Waals surface area contributed by atoms with Crippen LogP contribution in [0.5, 0.6) is 0 Å². The zero-order chi connectivity index (χ0) is 13.0. The molecule has 2 rings (SSSR count). The van der Waals surface area contributed by atoms with E-state index in [4.69, 9.17) is 0 Å². The number of rotatable bonds is 4. The van der Waals surface area contributed by atoms with Gasteiger partial charge in [-0.25, -0.2) is 4.39 Å². The lowest BCUT2D eigenvalue weighted by atomic mass is 10.2. The minimum absolute atomic E-state index is 0.0515. The molecule has 0 atom stereocenters. The Labute approximate surface area is 103 Å². The first-order valence-corrected chi connectivity index (χ1v) is 5.54. The molecule has 0 fully saturated rings. The number of aromatic nitrogens is 4. The molecule has 0 spiro atoms. The second-order valence-electron chi connectivity index (χ2n) is 3.64. The van der Waals surface area contributed by atoms with E-state index in [1.165, 1.54) is 23.0 Å². The molecule has 0 radical (unpaired) electrons. The van der Waals surface area contributed by atoms with E-state index in [-0.39, 0.29) is 11.5 Å². The van der Waals surface area contributed by atoms with Crippen molar-refractivity contribution < 1.29 is 9.18 Å². The lowest BCUT2D eigenvalue weighted by Crippen LogP contribution is -2.15. The van der Waals surface area contributed by atoms with Gasteiger partial charge in [0.25, 0.3) is 11.9 Å². The molecule has 1 heterocycles. The molecule has 1 amide bonds. The summed E-state index contributed by atoms with van der Waals surface area (Å²) in [5.74, 6) is -1.11. The zero-order valence-corrected chi connectivity index (χ0v) is 9.80. The second kappa shape index (κ2) is 5.35. The van der Waals surface area contributed by atoms with Crippen molar-refractivity contribution in [3.8, 4) is 0 Å². The zero-order valence-electron chi connectivity index (χ0n) is 9.80. The van der Waals surface area contributed by atoms with E-state index in [9.17, 15) is 9.18 Å². The van der Waals surface area contributed by atoms with Crippen molar-refractivity contribution >= 4 is 11.9 Å². The van der Waals surface area contributed by atoms with Gasteiger partial charge in [-0.15, -0.1) is 5.10 Å². The van der Waals surface area contributed by atoms with E-state index in [0.717, 1.165) is 6.42 Å². The van der Waals surface area contributed by atoms with Gasteiger partial charge in [-0.3, -0.25) is 10.1 Å². The van der Waals surface area contributed by atoms with E-state index in [0.29, 0.717) is 6.54 Å². The molecule has 1 N–H and O–H groups in total. The third kappa shape index (κ3) is 2.68. The van der Waals surface area contributed by atoms with E-state index >= 15 is 0 Å². The molecule has 0 bridgehead atoms. The first kappa shape index (κ1) is 12.2. The summed E-state index contributed by atoms with van der Waals surface area (Å²) >= 11 is 0. The van der Waals surface area contributed by atoms with Crippen LogP contribution in [0.15, 0.2) is 24.3 Å². The van der Waals surface area contributed by atoms with Crippen molar-refractivity contribution in [3.05, 3.63) is 35.6 Å². The number of nitrogens with zero attached hydrogens (tertiary/aromatic N) is 4. The number of hydrogen-bond donors (Lipinski definition) is 1. The van der Waals surface area contributed by atoms with Gasteiger partial charge in [0, 0.05) is 0 Å². The van der Waals surface area contributed by atoms with Crippen molar-refractivity contribution in [1.82, 2.24) is 20.2 Å². The second-order valence-corrected chi connectivity index (χ2v) is 3.64. The number of nitrogens with one attached hydrogen (secondary N) is 1. The van der Waals surface area contributed by atoms with Gasteiger partial charge in [0.15, 0.2) is 0 Å². The van der Waals surface area contributed by atoms with E-state index in [2.05, 4.69) is 20.7 Å². The first-order chi connectivity index (χ1) is 8.70. The Morgan fingerprint density at radius 3 is 2.94 bits per heavy atom. The summed E-state index contributed by atoms with van der Waals surface area (Å²) in [5, 5.41) is 13.7. The van der Waals surface area contributed by atoms with Crippen LogP contribution in [-0.4, -0.2) is 26.1 Å². The average Bonchev–Trinajstić information content (AvgIpc) is 2.77. The number of amides is 1. The topological polar surface area (TPSA) is 72.7 Å². The Morgan fingerprint density at radius 1 is 1.44 bits per heavy atom. The molecule has 7 heteroatoms. The van der Waals surface area contributed by atoms with Gasteiger partial charge in [-0.2, -0.15) is 4.80 Å². The van der Waals surface area contributed by atoms with Gasteiger partial charge in [0.1, 0.15) is 5.82 Å². The number of benzene rings is 1. The molecule has 0 aliphatic carbocycles. The number of carbonyl (C=O) groups is 1. The summed E-state index contributed by atoms with van der Waals surface area (Å²) in [6.45, 7) is 2.59. The van der Waals surface area contributed by atoms with Crippen molar-refractivity contribution in [1.29, 1.82) is 0 Å². The van der Waals surface area contributed by atoms with Crippen LogP contribution in [0.25, 0.3) is 0 Å². The number of tetrazole rings is 1. The fourth-order valence-corrected chi connectivity index (χ4v) is 1.40. The third-order valence-corrected chi connectivity index (χ3v) is 2.22. The average molecular weight is 249 g/mol. The highest BCUT2D eigenvalue weighted by atomic mass is 19.1. The Bertz CT molecular complexity index is 554. The fraction of sp³-hybridized carbons (Fsp3) is 0.273. The smallest absolute Gasteiger partial charge is 0.270 e. The van der Waals surface area contributed by atoms with E-state index < -0.39 is 11.7 Å². The van der Waals surface area contributed by atoms with Gasteiger partial charge in [-0.05, 0) is 23.8 Å².